The van der Waals surface area contributed by atoms with Crippen LogP contribution in [0.3, 0.4) is 0 Å². The van der Waals surface area contributed by atoms with Crippen molar-refractivity contribution in [1.29, 1.82) is 0 Å². The van der Waals surface area contributed by atoms with Gasteiger partial charge in [0, 0.05) is 6.42 Å². The van der Waals surface area contributed by atoms with Gasteiger partial charge in [-0.2, -0.15) is 5.09 Å². The van der Waals surface area contributed by atoms with E-state index in [4.69, 9.17) is 30.7 Å². The molecule has 1 aromatic carbocycles. The Bertz CT molecular complexity index is 1350. The lowest BCUT2D eigenvalue weighted by Gasteiger charge is -2.29. The lowest BCUT2D eigenvalue weighted by Crippen LogP contribution is -2.43. The minimum absolute atomic E-state index is 0.0550. The van der Waals surface area contributed by atoms with Crippen LogP contribution in [0.1, 0.15) is 26.5 Å². The Labute approximate surface area is 212 Å². The number of rotatable bonds is 10. The summed E-state index contributed by atoms with van der Waals surface area (Å²) in [6.07, 6.45) is 6.56. The van der Waals surface area contributed by atoms with Crippen molar-refractivity contribution in [2.24, 2.45) is 0 Å². The quantitative estimate of drug-likeness (QED) is 0.197. The lowest BCUT2D eigenvalue weighted by atomic mass is 9.99. The standard InChI is InChI=1S/C23H27N6O7P/c1-4-23(17(30)11-18(35-23)29-14-27-19-20(24)25-13-26-21(19)29)12-34-37(32,28-15(3)22(31)33-5-2)36-16-9-7-6-8-10-16/h1,6-10,13-15,17-18,30H,5,11-12H2,2-3H3,(H,28,32)(H2,24,25,26)/t15-,17-,18+,23+,37-/m0/s1. The number of aromatic nitrogens is 4. The zero-order valence-corrected chi connectivity index (χ0v) is 21.1. The van der Waals surface area contributed by atoms with Gasteiger partial charge in [0.05, 0.1) is 12.9 Å². The van der Waals surface area contributed by atoms with E-state index in [2.05, 4.69) is 26.0 Å². The Morgan fingerprint density at radius 3 is 2.86 bits per heavy atom. The summed E-state index contributed by atoms with van der Waals surface area (Å²) in [7, 11) is -4.23. The summed E-state index contributed by atoms with van der Waals surface area (Å²) in [5.74, 6) is 2.18. The summed E-state index contributed by atoms with van der Waals surface area (Å²) in [6.45, 7) is 2.71. The fraction of sp³-hybridized carbons (Fsp3) is 0.391. The smallest absolute Gasteiger partial charge is 0.459 e. The van der Waals surface area contributed by atoms with Crippen LogP contribution >= 0.6 is 7.75 Å². The topological polar surface area (TPSA) is 173 Å². The number of nitrogens with one attached hydrogen (secondary N) is 1. The van der Waals surface area contributed by atoms with Crippen molar-refractivity contribution in [3.05, 3.63) is 43.0 Å². The van der Waals surface area contributed by atoms with Gasteiger partial charge in [0.15, 0.2) is 17.1 Å². The second-order valence-electron chi connectivity index (χ2n) is 8.22. The van der Waals surface area contributed by atoms with Gasteiger partial charge in [0.2, 0.25) is 0 Å². The molecule has 2 aromatic heterocycles. The third-order valence-corrected chi connectivity index (χ3v) is 7.28. The summed E-state index contributed by atoms with van der Waals surface area (Å²) >= 11 is 0. The molecule has 0 aliphatic carbocycles. The number of imidazole rings is 1. The van der Waals surface area contributed by atoms with Crippen molar-refractivity contribution in [1.82, 2.24) is 24.6 Å². The second-order valence-corrected chi connectivity index (χ2v) is 9.91. The number of nitrogens with two attached hydrogens (primary N) is 1. The van der Waals surface area contributed by atoms with Gasteiger partial charge in [-0.15, -0.1) is 6.42 Å². The second kappa shape index (κ2) is 10.8. The number of aliphatic hydroxyl groups excluding tert-OH is 1. The Morgan fingerprint density at radius 2 is 2.16 bits per heavy atom. The zero-order valence-electron chi connectivity index (χ0n) is 20.2. The van der Waals surface area contributed by atoms with Crippen LogP contribution in [0.4, 0.5) is 5.82 Å². The highest BCUT2D eigenvalue weighted by Gasteiger charge is 2.50. The van der Waals surface area contributed by atoms with E-state index in [0.717, 1.165) is 0 Å². The number of benzene rings is 1. The summed E-state index contributed by atoms with van der Waals surface area (Å²) in [6, 6.07) is 7.20. The predicted octanol–water partition coefficient (Wildman–Crippen LogP) is 1.81. The van der Waals surface area contributed by atoms with Gasteiger partial charge in [-0.3, -0.25) is 13.9 Å². The number of hydrogen-bond donors (Lipinski definition) is 3. The average Bonchev–Trinajstić information content (AvgIpc) is 3.45. The molecule has 196 valence electrons. The van der Waals surface area contributed by atoms with Gasteiger partial charge in [0.25, 0.3) is 0 Å². The molecule has 0 saturated carbocycles. The van der Waals surface area contributed by atoms with Crippen molar-refractivity contribution in [2.45, 2.75) is 44.2 Å². The van der Waals surface area contributed by atoms with E-state index >= 15 is 0 Å². The van der Waals surface area contributed by atoms with Crippen molar-refractivity contribution in [2.75, 3.05) is 18.9 Å². The summed E-state index contributed by atoms with van der Waals surface area (Å²) in [4.78, 5) is 24.5. The first-order valence-corrected chi connectivity index (χ1v) is 12.9. The maximum Gasteiger partial charge on any atom is 0.459 e. The molecule has 13 nitrogen and oxygen atoms in total. The zero-order chi connectivity index (χ0) is 26.6. The number of carbonyl (C=O) groups is 1. The van der Waals surface area contributed by atoms with Gasteiger partial charge >= 0.3 is 13.7 Å². The molecule has 3 aromatic rings. The van der Waals surface area contributed by atoms with Gasteiger partial charge in [-0.1, -0.05) is 24.1 Å². The highest BCUT2D eigenvalue weighted by molar-refractivity contribution is 7.52. The highest BCUT2D eigenvalue weighted by Crippen LogP contribution is 2.48. The van der Waals surface area contributed by atoms with E-state index in [9.17, 15) is 14.5 Å². The van der Waals surface area contributed by atoms with Crippen molar-refractivity contribution in [3.8, 4) is 18.1 Å². The van der Waals surface area contributed by atoms with Crippen LogP contribution in [0.2, 0.25) is 0 Å². The number of fused-ring (bicyclic) bond motifs is 1. The number of nitrogen functional groups attached to an aromatic ring is 1. The lowest BCUT2D eigenvalue weighted by molar-refractivity contribution is -0.144. The third kappa shape index (κ3) is 5.58. The van der Waals surface area contributed by atoms with Crippen molar-refractivity contribution in [3.63, 3.8) is 0 Å². The molecule has 0 unspecified atom stereocenters. The summed E-state index contributed by atoms with van der Waals surface area (Å²) in [5.41, 5.74) is 4.91. The average molecular weight is 530 g/mol. The molecule has 0 spiro atoms. The first-order valence-electron chi connectivity index (χ1n) is 11.4. The molecule has 1 aliphatic heterocycles. The molecule has 37 heavy (non-hydrogen) atoms. The van der Waals surface area contributed by atoms with Gasteiger partial charge < -0.3 is 24.8 Å². The summed E-state index contributed by atoms with van der Waals surface area (Å²) < 4.78 is 37.6. The number of aliphatic hydroxyl groups is 1. The van der Waals surface area contributed by atoms with Crippen LogP contribution in [0, 0.1) is 12.3 Å². The van der Waals surface area contributed by atoms with E-state index < -0.39 is 44.3 Å². The molecule has 4 rings (SSSR count). The Balaban J connectivity index is 1.56. The first kappa shape index (κ1) is 26.5. The predicted molar refractivity (Wildman–Crippen MR) is 132 cm³/mol. The number of hydrogen-bond acceptors (Lipinski definition) is 11. The third-order valence-electron chi connectivity index (χ3n) is 5.66. The normalized spacial score (nSPS) is 23.7. The van der Waals surface area contributed by atoms with Crippen LogP contribution in [0.25, 0.3) is 11.2 Å². The number of para-hydroxylation sites is 1. The maximum absolute atomic E-state index is 13.7. The SMILES string of the molecule is C#C[C@]1(CO[P@@](=O)(N[C@@H](C)C(=O)OCC)Oc2ccccc2)O[C@@H](n2cnc3c(N)ncnc32)C[C@@H]1O. The van der Waals surface area contributed by atoms with E-state index in [1.54, 1.807) is 41.8 Å². The van der Waals surface area contributed by atoms with E-state index in [0.29, 0.717) is 11.2 Å². The number of terminal acetylenes is 1. The van der Waals surface area contributed by atoms with Gasteiger partial charge in [-0.05, 0) is 26.0 Å². The molecule has 0 radical (unpaired) electrons. The Hall–Kier alpha value is -3.53. The van der Waals surface area contributed by atoms with Crippen LogP contribution in [0.15, 0.2) is 43.0 Å². The molecule has 14 heteroatoms. The van der Waals surface area contributed by atoms with Crippen LogP contribution in [0.5, 0.6) is 5.75 Å². The fourth-order valence-corrected chi connectivity index (χ4v) is 5.27. The molecule has 0 bridgehead atoms. The largest absolute Gasteiger partial charge is 0.465 e. The number of ether oxygens (including phenoxy) is 2. The van der Waals surface area contributed by atoms with E-state index in [1.165, 1.54) is 19.6 Å². The molecular formula is C23H27N6O7P. The molecule has 1 fully saturated rings. The molecule has 1 saturated heterocycles. The van der Waals surface area contributed by atoms with Crippen molar-refractivity contribution >= 4 is 30.7 Å². The Kier molecular flexibility index (Phi) is 7.77. The molecule has 1 aliphatic rings. The highest BCUT2D eigenvalue weighted by atomic mass is 31.2. The maximum atomic E-state index is 13.7. The molecular weight excluding hydrogens is 503 g/mol. The number of carbonyl (C=O) groups excluding carboxylic acids is 1. The minimum atomic E-state index is -4.23. The van der Waals surface area contributed by atoms with E-state index in [1.807, 2.05) is 0 Å². The monoisotopic (exact) mass is 530 g/mol. The van der Waals surface area contributed by atoms with E-state index in [-0.39, 0.29) is 24.6 Å². The first-order chi connectivity index (χ1) is 17.7. The van der Waals surface area contributed by atoms with Crippen LogP contribution in [-0.4, -0.2) is 61.6 Å². The van der Waals surface area contributed by atoms with Gasteiger partial charge in [-0.25, -0.2) is 19.5 Å². The summed E-state index contributed by atoms with van der Waals surface area (Å²) in [5, 5.41) is 13.5. The molecule has 5 atom stereocenters. The van der Waals surface area contributed by atoms with Crippen LogP contribution in [-0.2, 0) is 23.4 Å². The van der Waals surface area contributed by atoms with Crippen molar-refractivity contribution < 1.29 is 33.0 Å². The Morgan fingerprint density at radius 1 is 1.41 bits per heavy atom. The minimum Gasteiger partial charge on any atom is -0.465 e. The number of anilines is 1. The molecule has 0 amide bonds. The molecule has 4 N–H and O–H groups in total. The number of nitrogens with zero attached hydrogens (tertiary/aromatic N) is 4. The number of esters is 1. The molecule has 3 heterocycles. The van der Waals surface area contributed by atoms with Crippen LogP contribution < -0.4 is 15.3 Å². The van der Waals surface area contributed by atoms with Gasteiger partial charge in [0.1, 0.15) is 42.6 Å². The fourth-order valence-electron chi connectivity index (χ4n) is 3.75.